The topological polar surface area (TPSA) is 9.23 Å². The zero-order valence-corrected chi connectivity index (χ0v) is 20.2. The molecule has 0 amide bonds. The molecule has 0 aromatic heterocycles. The maximum absolute atomic E-state index is 15.1. The van der Waals surface area contributed by atoms with Gasteiger partial charge < -0.3 is 4.74 Å². The number of benzene rings is 3. The van der Waals surface area contributed by atoms with Gasteiger partial charge >= 0.3 is 0 Å². The van der Waals surface area contributed by atoms with Crippen LogP contribution in [0.15, 0.2) is 66.7 Å². The Balaban J connectivity index is 1.34. The lowest BCUT2D eigenvalue weighted by Gasteiger charge is -2.27. The Morgan fingerprint density at radius 1 is 0.909 bits per heavy atom. The average Bonchev–Trinajstić information content (AvgIpc) is 2.85. The molecule has 3 aromatic carbocycles. The molecule has 174 valence electrons. The standard InChI is InChI=1S/C31H37FO/c1-3-5-6-7-23-8-13-25(14-9-23)26-15-10-24(11-16-26)12-17-27-18-19-28-22-29(33-4-2)20-21-30(28)31(27)32/h6-7,10-11,15-16,18-23,25H,3-5,8-9,12-14,17H2,1-2H3/b7-6+. The maximum Gasteiger partial charge on any atom is 0.134 e. The second-order valence-corrected chi connectivity index (χ2v) is 9.42. The van der Waals surface area contributed by atoms with E-state index in [0.29, 0.717) is 24.3 Å². The van der Waals surface area contributed by atoms with Crippen molar-refractivity contribution in [2.45, 2.75) is 71.1 Å². The van der Waals surface area contributed by atoms with Crippen LogP contribution in [-0.4, -0.2) is 6.61 Å². The molecule has 4 rings (SSSR count). The summed E-state index contributed by atoms with van der Waals surface area (Å²) < 4.78 is 20.6. The van der Waals surface area contributed by atoms with E-state index >= 15 is 4.39 Å². The van der Waals surface area contributed by atoms with Crippen LogP contribution < -0.4 is 4.74 Å². The highest BCUT2D eigenvalue weighted by molar-refractivity contribution is 5.85. The average molecular weight is 445 g/mol. The van der Waals surface area contributed by atoms with Crippen LogP contribution in [0.1, 0.15) is 75.0 Å². The van der Waals surface area contributed by atoms with Gasteiger partial charge in [-0.15, -0.1) is 0 Å². The summed E-state index contributed by atoms with van der Waals surface area (Å²) in [5.41, 5.74) is 3.53. The van der Waals surface area contributed by atoms with Gasteiger partial charge in [0.05, 0.1) is 6.61 Å². The van der Waals surface area contributed by atoms with Crippen molar-refractivity contribution in [3.63, 3.8) is 0 Å². The molecule has 0 bridgehead atoms. The minimum absolute atomic E-state index is 0.100. The Labute approximate surface area is 198 Å². The van der Waals surface area contributed by atoms with Crippen molar-refractivity contribution in [1.29, 1.82) is 0 Å². The van der Waals surface area contributed by atoms with E-state index in [-0.39, 0.29) is 5.82 Å². The summed E-state index contributed by atoms with van der Waals surface area (Å²) in [6.45, 7) is 4.81. The predicted octanol–water partition coefficient (Wildman–Crippen LogP) is 8.79. The number of rotatable bonds is 9. The van der Waals surface area contributed by atoms with Gasteiger partial charge in [-0.2, -0.15) is 0 Å². The quantitative estimate of drug-likeness (QED) is 0.300. The van der Waals surface area contributed by atoms with E-state index in [9.17, 15) is 0 Å². The van der Waals surface area contributed by atoms with Crippen molar-refractivity contribution in [2.75, 3.05) is 6.61 Å². The molecular formula is C31H37FO. The number of hydrogen-bond acceptors (Lipinski definition) is 1. The van der Waals surface area contributed by atoms with Gasteiger partial charge in [0, 0.05) is 5.39 Å². The zero-order chi connectivity index (χ0) is 23.0. The number of ether oxygens (including phenoxy) is 1. The van der Waals surface area contributed by atoms with Gasteiger partial charge in [0.25, 0.3) is 0 Å². The monoisotopic (exact) mass is 444 g/mol. The molecule has 1 saturated carbocycles. The van der Waals surface area contributed by atoms with Gasteiger partial charge in [-0.1, -0.05) is 61.9 Å². The van der Waals surface area contributed by atoms with Crippen molar-refractivity contribution in [2.24, 2.45) is 5.92 Å². The third kappa shape index (κ3) is 6.05. The van der Waals surface area contributed by atoms with E-state index in [1.807, 2.05) is 37.3 Å². The second kappa shape index (κ2) is 11.5. The molecule has 1 aliphatic rings. The van der Waals surface area contributed by atoms with Crippen LogP contribution in [-0.2, 0) is 12.8 Å². The summed E-state index contributed by atoms with van der Waals surface area (Å²) >= 11 is 0. The Bertz CT molecular complexity index is 1060. The number of allylic oxidation sites excluding steroid dienone is 2. The highest BCUT2D eigenvalue weighted by Gasteiger charge is 2.20. The first-order valence-corrected chi connectivity index (χ1v) is 12.8. The number of halogens is 1. The molecule has 0 saturated heterocycles. The predicted molar refractivity (Wildman–Crippen MR) is 138 cm³/mol. The zero-order valence-electron chi connectivity index (χ0n) is 20.2. The van der Waals surface area contributed by atoms with Crippen molar-refractivity contribution in [1.82, 2.24) is 0 Å². The van der Waals surface area contributed by atoms with E-state index in [1.165, 1.54) is 49.7 Å². The van der Waals surface area contributed by atoms with Gasteiger partial charge in [-0.05, 0) is 104 Å². The van der Waals surface area contributed by atoms with Crippen LogP contribution in [0.3, 0.4) is 0 Å². The van der Waals surface area contributed by atoms with Gasteiger partial charge in [-0.3, -0.25) is 0 Å². The lowest BCUT2D eigenvalue weighted by atomic mass is 9.78. The second-order valence-electron chi connectivity index (χ2n) is 9.42. The summed E-state index contributed by atoms with van der Waals surface area (Å²) in [4.78, 5) is 0. The summed E-state index contributed by atoms with van der Waals surface area (Å²) in [5, 5.41) is 1.56. The molecule has 1 nitrogen and oxygen atoms in total. The third-order valence-corrected chi connectivity index (χ3v) is 7.09. The van der Waals surface area contributed by atoms with Crippen LogP contribution >= 0.6 is 0 Å². The normalized spacial score (nSPS) is 18.8. The van der Waals surface area contributed by atoms with Gasteiger partial charge in [0.15, 0.2) is 0 Å². The molecule has 0 atom stereocenters. The maximum atomic E-state index is 15.1. The van der Waals surface area contributed by atoms with Crippen molar-refractivity contribution in [3.8, 4) is 5.75 Å². The van der Waals surface area contributed by atoms with E-state index in [4.69, 9.17) is 4.74 Å². The lowest BCUT2D eigenvalue weighted by molar-refractivity contribution is 0.340. The Hall–Kier alpha value is -2.61. The molecule has 0 spiro atoms. The highest BCUT2D eigenvalue weighted by Crippen LogP contribution is 2.36. The third-order valence-electron chi connectivity index (χ3n) is 7.09. The molecule has 0 heterocycles. The lowest BCUT2D eigenvalue weighted by Crippen LogP contribution is -2.11. The van der Waals surface area contributed by atoms with Crippen LogP contribution in [0.25, 0.3) is 10.8 Å². The minimum Gasteiger partial charge on any atom is -0.494 e. The molecule has 33 heavy (non-hydrogen) atoms. The van der Waals surface area contributed by atoms with Crippen molar-refractivity contribution < 1.29 is 9.13 Å². The first kappa shape index (κ1) is 23.5. The molecule has 1 aliphatic carbocycles. The molecule has 0 radical (unpaired) electrons. The van der Waals surface area contributed by atoms with Gasteiger partial charge in [0.2, 0.25) is 0 Å². The van der Waals surface area contributed by atoms with Crippen molar-refractivity contribution in [3.05, 3.63) is 89.3 Å². The minimum atomic E-state index is -0.100. The molecule has 2 heteroatoms. The van der Waals surface area contributed by atoms with Crippen LogP contribution in [0.2, 0.25) is 0 Å². The number of hydrogen-bond donors (Lipinski definition) is 0. The number of fused-ring (bicyclic) bond motifs is 1. The Morgan fingerprint density at radius 2 is 1.70 bits per heavy atom. The van der Waals surface area contributed by atoms with Crippen LogP contribution in [0, 0.1) is 11.7 Å². The summed E-state index contributed by atoms with van der Waals surface area (Å²) in [5.74, 6) is 2.15. The first-order chi connectivity index (χ1) is 16.2. The molecule has 1 fully saturated rings. The first-order valence-electron chi connectivity index (χ1n) is 12.8. The van der Waals surface area contributed by atoms with E-state index in [2.05, 4.69) is 43.3 Å². The molecular weight excluding hydrogens is 407 g/mol. The van der Waals surface area contributed by atoms with E-state index < -0.39 is 0 Å². The molecule has 0 unspecified atom stereocenters. The Morgan fingerprint density at radius 3 is 2.42 bits per heavy atom. The van der Waals surface area contributed by atoms with Crippen molar-refractivity contribution >= 4 is 10.8 Å². The fraction of sp³-hybridized carbons (Fsp3) is 0.419. The summed E-state index contributed by atoms with van der Waals surface area (Å²) in [7, 11) is 0. The molecule has 0 aliphatic heterocycles. The SMILES string of the molecule is CCC/C=C/C1CCC(c2ccc(CCc3ccc4cc(OCC)ccc4c3F)cc2)CC1. The number of unbranched alkanes of at least 4 members (excludes halogenated alkanes) is 1. The van der Waals surface area contributed by atoms with E-state index in [1.54, 1.807) is 0 Å². The molecule has 0 N–H and O–H groups in total. The van der Waals surface area contributed by atoms with Crippen LogP contribution in [0.5, 0.6) is 5.75 Å². The largest absolute Gasteiger partial charge is 0.494 e. The number of aryl methyl sites for hydroxylation is 2. The van der Waals surface area contributed by atoms with Gasteiger partial charge in [-0.25, -0.2) is 4.39 Å². The summed E-state index contributed by atoms with van der Waals surface area (Å²) in [6.07, 6.45) is 14.0. The fourth-order valence-electron chi connectivity index (χ4n) is 5.10. The molecule has 3 aromatic rings. The highest BCUT2D eigenvalue weighted by atomic mass is 19.1. The van der Waals surface area contributed by atoms with Gasteiger partial charge in [0.1, 0.15) is 11.6 Å². The van der Waals surface area contributed by atoms with Crippen LogP contribution in [0.4, 0.5) is 4.39 Å². The fourth-order valence-corrected chi connectivity index (χ4v) is 5.10. The van der Waals surface area contributed by atoms with E-state index in [0.717, 1.165) is 29.0 Å². The summed E-state index contributed by atoms with van der Waals surface area (Å²) in [6, 6.07) is 18.6. The Kier molecular flexibility index (Phi) is 8.20. The smallest absolute Gasteiger partial charge is 0.134 e.